The Kier molecular flexibility index (Phi) is 3.27. The molecule has 112 valence electrons. The fraction of sp³-hybridized carbons (Fsp3) is 0.286. The summed E-state index contributed by atoms with van der Waals surface area (Å²) in [7, 11) is 0. The first kappa shape index (κ1) is 13.3. The van der Waals surface area contributed by atoms with Crippen LogP contribution in [0.1, 0.15) is 0 Å². The number of piperazine rings is 1. The number of H-pyrrole nitrogens is 1. The molecule has 0 bridgehead atoms. The molecule has 3 aromatic heterocycles. The summed E-state index contributed by atoms with van der Waals surface area (Å²) < 4.78 is 0. The van der Waals surface area contributed by atoms with Crippen molar-refractivity contribution >= 4 is 34.4 Å². The van der Waals surface area contributed by atoms with Crippen LogP contribution in [0.15, 0.2) is 31.0 Å². The van der Waals surface area contributed by atoms with Crippen molar-refractivity contribution in [2.45, 2.75) is 0 Å². The fourth-order valence-electron chi connectivity index (χ4n) is 2.73. The number of hydrogen-bond donors (Lipinski definition) is 1. The molecule has 1 aliphatic heterocycles. The van der Waals surface area contributed by atoms with E-state index < -0.39 is 0 Å². The molecule has 0 atom stereocenters. The number of nitrogens with zero attached hydrogens (tertiary/aromatic N) is 6. The summed E-state index contributed by atoms with van der Waals surface area (Å²) in [5.41, 5.74) is 1.58. The zero-order valence-corrected chi connectivity index (χ0v) is 12.5. The molecule has 7 nitrogen and oxygen atoms in total. The molecule has 1 aliphatic rings. The van der Waals surface area contributed by atoms with Crippen molar-refractivity contribution in [1.82, 2.24) is 24.9 Å². The number of pyridine rings is 1. The minimum Gasteiger partial charge on any atom is -0.352 e. The fourth-order valence-corrected chi connectivity index (χ4v) is 2.97. The summed E-state index contributed by atoms with van der Waals surface area (Å²) in [5, 5.41) is 0.689. The van der Waals surface area contributed by atoms with Gasteiger partial charge in [0.1, 0.15) is 17.7 Å². The van der Waals surface area contributed by atoms with E-state index in [0.29, 0.717) is 10.7 Å². The molecule has 8 heteroatoms. The molecule has 0 unspecified atom stereocenters. The Morgan fingerprint density at radius 1 is 0.955 bits per heavy atom. The molecule has 0 spiro atoms. The Morgan fingerprint density at radius 2 is 1.73 bits per heavy atom. The van der Waals surface area contributed by atoms with Crippen LogP contribution in [0.2, 0.25) is 5.02 Å². The second-order valence-electron chi connectivity index (χ2n) is 5.08. The van der Waals surface area contributed by atoms with Gasteiger partial charge in [-0.2, -0.15) is 0 Å². The Hall–Kier alpha value is -2.41. The lowest BCUT2D eigenvalue weighted by atomic mass is 10.3. The van der Waals surface area contributed by atoms with E-state index in [-0.39, 0.29) is 0 Å². The monoisotopic (exact) mass is 315 g/mol. The molecule has 0 aliphatic carbocycles. The predicted octanol–water partition coefficient (Wildman–Crippen LogP) is 1.73. The summed E-state index contributed by atoms with van der Waals surface area (Å²) in [6, 6.07) is 3.72. The van der Waals surface area contributed by atoms with Gasteiger partial charge in [0.2, 0.25) is 0 Å². The lowest BCUT2D eigenvalue weighted by Crippen LogP contribution is -2.47. The van der Waals surface area contributed by atoms with Crippen molar-refractivity contribution in [1.29, 1.82) is 0 Å². The number of anilines is 2. The van der Waals surface area contributed by atoms with E-state index in [2.05, 4.69) is 34.7 Å². The lowest BCUT2D eigenvalue weighted by Gasteiger charge is -2.36. The lowest BCUT2D eigenvalue weighted by molar-refractivity contribution is 0.643. The third-order valence-corrected chi connectivity index (χ3v) is 4.12. The van der Waals surface area contributed by atoms with E-state index in [1.807, 2.05) is 12.1 Å². The third-order valence-electron chi connectivity index (χ3n) is 3.82. The van der Waals surface area contributed by atoms with Crippen molar-refractivity contribution in [2.24, 2.45) is 0 Å². The molecule has 22 heavy (non-hydrogen) atoms. The number of aromatic nitrogens is 5. The molecule has 1 saturated heterocycles. The minimum atomic E-state index is 0.689. The van der Waals surface area contributed by atoms with E-state index in [4.69, 9.17) is 11.6 Å². The van der Waals surface area contributed by atoms with E-state index >= 15 is 0 Å². The molecule has 0 amide bonds. The third kappa shape index (κ3) is 2.23. The van der Waals surface area contributed by atoms with Crippen LogP contribution in [0.3, 0.4) is 0 Å². The van der Waals surface area contributed by atoms with Gasteiger partial charge in [0.05, 0.1) is 11.3 Å². The van der Waals surface area contributed by atoms with Crippen LogP contribution in [0, 0.1) is 0 Å². The standard InChI is InChI=1S/C14H14ClN7/c15-10-2-1-3-16-13(10)21-4-6-22(7-5-21)14-11-12(18-8-17-11)19-9-20-14/h1-3,8-9H,4-7H2,(H,17,18,19,20). The van der Waals surface area contributed by atoms with Crippen LogP contribution in [-0.4, -0.2) is 51.1 Å². The molecule has 0 saturated carbocycles. The Morgan fingerprint density at radius 3 is 2.50 bits per heavy atom. The van der Waals surface area contributed by atoms with Gasteiger partial charge in [0.25, 0.3) is 0 Å². The van der Waals surface area contributed by atoms with Gasteiger partial charge >= 0.3 is 0 Å². The van der Waals surface area contributed by atoms with E-state index in [1.54, 1.807) is 18.9 Å². The molecule has 1 N–H and O–H groups in total. The Labute approximate surface area is 132 Å². The van der Waals surface area contributed by atoms with Crippen molar-refractivity contribution in [3.63, 3.8) is 0 Å². The average molecular weight is 316 g/mol. The molecule has 0 radical (unpaired) electrons. The molecule has 1 fully saturated rings. The highest BCUT2D eigenvalue weighted by Gasteiger charge is 2.22. The number of halogens is 1. The molecular formula is C14H14ClN7. The Bertz CT molecular complexity index is 794. The van der Waals surface area contributed by atoms with Crippen molar-refractivity contribution in [3.05, 3.63) is 36.0 Å². The smallest absolute Gasteiger partial charge is 0.182 e. The summed E-state index contributed by atoms with van der Waals surface area (Å²) in [6.07, 6.45) is 4.97. The first-order valence-electron chi connectivity index (χ1n) is 7.07. The van der Waals surface area contributed by atoms with Gasteiger partial charge < -0.3 is 14.8 Å². The number of rotatable bonds is 2. The quantitative estimate of drug-likeness (QED) is 0.776. The highest BCUT2D eigenvalue weighted by Crippen LogP contribution is 2.26. The van der Waals surface area contributed by atoms with E-state index in [9.17, 15) is 0 Å². The molecule has 3 aromatic rings. The average Bonchev–Trinajstić information content (AvgIpc) is 3.04. The first-order chi connectivity index (χ1) is 10.8. The van der Waals surface area contributed by atoms with Crippen LogP contribution >= 0.6 is 11.6 Å². The second-order valence-corrected chi connectivity index (χ2v) is 5.49. The zero-order valence-electron chi connectivity index (χ0n) is 11.8. The summed E-state index contributed by atoms with van der Waals surface area (Å²) in [5.74, 6) is 1.74. The minimum absolute atomic E-state index is 0.689. The zero-order chi connectivity index (χ0) is 14.9. The van der Waals surface area contributed by atoms with Crippen LogP contribution in [-0.2, 0) is 0 Å². The van der Waals surface area contributed by atoms with E-state index in [1.165, 1.54) is 0 Å². The van der Waals surface area contributed by atoms with Crippen molar-refractivity contribution in [3.8, 4) is 0 Å². The van der Waals surface area contributed by atoms with Gasteiger partial charge in [-0.1, -0.05) is 11.6 Å². The van der Waals surface area contributed by atoms with Crippen molar-refractivity contribution in [2.75, 3.05) is 36.0 Å². The maximum absolute atomic E-state index is 6.22. The summed E-state index contributed by atoms with van der Waals surface area (Å²) in [6.45, 7) is 3.38. The normalized spacial score (nSPS) is 15.5. The Balaban J connectivity index is 1.55. The molecular weight excluding hydrogens is 302 g/mol. The number of aromatic amines is 1. The number of fused-ring (bicyclic) bond motifs is 1. The van der Waals surface area contributed by atoms with Gasteiger partial charge in [-0.25, -0.2) is 19.9 Å². The van der Waals surface area contributed by atoms with Crippen LogP contribution < -0.4 is 9.80 Å². The van der Waals surface area contributed by atoms with Crippen molar-refractivity contribution < 1.29 is 0 Å². The molecule has 4 heterocycles. The van der Waals surface area contributed by atoms with Crippen LogP contribution in [0.25, 0.3) is 11.2 Å². The van der Waals surface area contributed by atoms with Gasteiger partial charge in [0, 0.05) is 32.4 Å². The van der Waals surface area contributed by atoms with E-state index in [0.717, 1.165) is 43.3 Å². The van der Waals surface area contributed by atoms with Gasteiger partial charge in [0.15, 0.2) is 11.5 Å². The molecule has 4 rings (SSSR count). The summed E-state index contributed by atoms with van der Waals surface area (Å²) in [4.78, 5) is 24.6. The number of imidazole rings is 1. The summed E-state index contributed by atoms with van der Waals surface area (Å²) >= 11 is 6.22. The highest BCUT2D eigenvalue weighted by atomic mass is 35.5. The first-order valence-corrected chi connectivity index (χ1v) is 7.45. The van der Waals surface area contributed by atoms with Gasteiger partial charge in [-0.3, -0.25) is 0 Å². The highest BCUT2D eigenvalue weighted by molar-refractivity contribution is 6.32. The SMILES string of the molecule is Clc1cccnc1N1CCN(c2ncnc3nc[nH]c23)CC1. The number of nitrogens with one attached hydrogen (secondary N) is 1. The van der Waals surface area contributed by atoms with Gasteiger partial charge in [-0.05, 0) is 12.1 Å². The van der Waals surface area contributed by atoms with Crippen LogP contribution in [0.5, 0.6) is 0 Å². The maximum atomic E-state index is 6.22. The predicted molar refractivity (Wildman–Crippen MR) is 85.4 cm³/mol. The largest absolute Gasteiger partial charge is 0.352 e. The van der Waals surface area contributed by atoms with Gasteiger partial charge in [-0.15, -0.1) is 0 Å². The number of hydrogen-bond acceptors (Lipinski definition) is 6. The van der Waals surface area contributed by atoms with Crippen LogP contribution in [0.4, 0.5) is 11.6 Å². The molecule has 0 aromatic carbocycles. The second kappa shape index (κ2) is 5.42. The maximum Gasteiger partial charge on any atom is 0.182 e. The topological polar surface area (TPSA) is 73.8 Å².